The molecular formula is C22H18F2O3. The van der Waals surface area contributed by atoms with Crippen molar-refractivity contribution in [2.24, 2.45) is 0 Å². The van der Waals surface area contributed by atoms with E-state index in [1.54, 1.807) is 12.1 Å². The largest absolute Gasteiger partial charge is 0.465 e. The van der Waals surface area contributed by atoms with E-state index in [1.807, 2.05) is 6.92 Å². The lowest BCUT2D eigenvalue weighted by Crippen LogP contribution is -2.31. The van der Waals surface area contributed by atoms with Crippen LogP contribution in [-0.4, -0.2) is 19.4 Å². The van der Waals surface area contributed by atoms with Gasteiger partial charge in [0.25, 0.3) is 0 Å². The summed E-state index contributed by atoms with van der Waals surface area (Å²) in [5, 5.41) is 0.974. The number of allylic oxidation sites excluding steroid dienone is 2. The number of fused-ring (bicyclic) bond motifs is 1. The van der Waals surface area contributed by atoms with Crippen molar-refractivity contribution in [2.75, 3.05) is 7.11 Å². The summed E-state index contributed by atoms with van der Waals surface area (Å²) < 4.78 is 33.9. The molecule has 0 spiro atoms. The minimum Gasteiger partial charge on any atom is -0.465 e. The molecule has 3 rings (SSSR count). The molecule has 0 bridgehead atoms. The van der Waals surface area contributed by atoms with Crippen molar-refractivity contribution in [3.05, 3.63) is 81.2 Å². The van der Waals surface area contributed by atoms with Gasteiger partial charge in [0.05, 0.1) is 18.2 Å². The van der Waals surface area contributed by atoms with Crippen LogP contribution in [0.25, 0.3) is 11.1 Å². The van der Waals surface area contributed by atoms with Gasteiger partial charge >= 0.3 is 5.97 Å². The maximum atomic E-state index is 14.5. The molecule has 0 radical (unpaired) electrons. The van der Waals surface area contributed by atoms with Crippen molar-refractivity contribution in [2.45, 2.75) is 19.8 Å². The molecule has 2 aromatic rings. The lowest BCUT2D eigenvalue weighted by molar-refractivity contribution is -0.103. The third-order valence-corrected chi connectivity index (χ3v) is 4.69. The van der Waals surface area contributed by atoms with Crippen LogP contribution in [0, 0.1) is 11.6 Å². The maximum absolute atomic E-state index is 14.5. The average Bonchev–Trinajstić information content (AvgIpc) is 2.83. The van der Waals surface area contributed by atoms with E-state index in [1.165, 1.54) is 37.4 Å². The van der Waals surface area contributed by atoms with Crippen LogP contribution in [-0.2, 0) is 9.53 Å². The lowest BCUT2D eigenvalue weighted by atomic mass is 9.94. The first-order chi connectivity index (χ1) is 13.0. The molecule has 0 amide bonds. The van der Waals surface area contributed by atoms with Crippen LogP contribution in [0.1, 0.15) is 35.7 Å². The van der Waals surface area contributed by atoms with Gasteiger partial charge in [0.1, 0.15) is 11.6 Å². The second-order valence-electron chi connectivity index (χ2n) is 6.23. The van der Waals surface area contributed by atoms with E-state index < -0.39 is 17.6 Å². The van der Waals surface area contributed by atoms with Crippen molar-refractivity contribution < 1.29 is 23.1 Å². The monoisotopic (exact) mass is 368 g/mol. The number of hydrogen-bond donors (Lipinski definition) is 0. The van der Waals surface area contributed by atoms with Crippen LogP contribution < -0.4 is 10.4 Å². The summed E-state index contributed by atoms with van der Waals surface area (Å²) >= 11 is 0. The van der Waals surface area contributed by atoms with E-state index in [4.69, 9.17) is 4.74 Å². The van der Waals surface area contributed by atoms with Crippen LogP contribution in [0.15, 0.2) is 48.0 Å². The Balaban J connectivity index is 2.51. The number of carbonyl (C=O) groups is 2. The molecule has 0 aliphatic heterocycles. The number of ether oxygens (including phenoxy) is 1. The Bertz CT molecular complexity index is 1060. The predicted octanol–water partition coefficient (Wildman–Crippen LogP) is 3.04. The summed E-state index contributed by atoms with van der Waals surface area (Å²) in [6.45, 7) is 1.92. The number of hydrogen-bond acceptors (Lipinski definition) is 3. The van der Waals surface area contributed by atoms with E-state index in [2.05, 4.69) is 0 Å². The van der Waals surface area contributed by atoms with Gasteiger partial charge in [0.15, 0.2) is 6.29 Å². The first kappa shape index (κ1) is 18.7. The van der Waals surface area contributed by atoms with Gasteiger partial charge in [0, 0.05) is 5.57 Å². The molecule has 0 atom stereocenters. The maximum Gasteiger partial charge on any atom is 0.337 e. The van der Waals surface area contributed by atoms with Crippen LogP contribution >= 0.6 is 0 Å². The number of carbonyl (C=O) groups excluding carboxylic acids is 2. The van der Waals surface area contributed by atoms with Gasteiger partial charge in [-0.1, -0.05) is 30.7 Å². The minimum absolute atomic E-state index is 0.146. The zero-order chi connectivity index (χ0) is 19.6. The van der Waals surface area contributed by atoms with Gasteiger partial charge in [-0.2, -0.15) is 0 Å². The molecule has 1 aliphatic rings. The van der Waals surface area contributed by atoms with E-state index in [9.17, 15) is 18.4 Å². The van der Waals surface area contributed by atoms with Gasteiger partial charge in [-0.3, -0.25) is 4.79 Å². The summed E-state index contributed by atoms with van der Waals surface area (Å²) in [6, 6.07) is 8.36. The molecule has 0 saturated heterocycles. The Morgan fingerprint density at radius 1 is 1.15 bits per heavy atom. The zero-order valence-electron chi connectivity index (χ0n) is 15.0. The number of esters is 1. The number of halogens is 2. The van der Waals surface area contributed by atoms with E-state index >= 15 is 0 Å². The Morgan fingerprint density at radius 3 is 2.44 bits per heavy atom. The predicted molar refractivity (Wildman–Crippen MR) is 98.4 cm³/mol. The molecule has 0 aromatic heterocycles. The van der Waals surface area contributed by atoms with Crippen LogP contribution in [0.3, 0.4) is 0 Å². The molecule has 0 unspecified atom stereocenters. The van der Waals surface area contributed by atoms with Crippen molar-refractivity contribution in [3.63, 3.8) is 0 Å². The highest BCUT2D eigenvalue weighted by Gasteiger charge is 2.19. The molecule has 138 valence electrons. The van der Waals surface area contributed by atoms with Crippen molar-refractivity contribution in [1.82, 2.24) is 0 Å². The van der Waals surface area contributed by atoms with Gasteiger partial charge < -0.3 is 4.74 Å². The summed E-state index contributed by atoms with van der Waals surface area (Å²) in [4.78, 5) is 23.6. The second kappa shape index (κ2) is 7.66. The van der Waals surface area contributed by atoms with Crippen molar-refractivity contribution in [1.29, 1.82) is 0 Å². The Labute approximate surface area is 155 Å². The molecule has 0 N–H and O–H groups in total. The highest BCUT2D eigenvalue weighted by Crippen LogP contribution is 2.27. The number of methoxy groups -OCH3 is 1. The van der Waals surface area contributed by atoms with Crippen LogP contribution in [0.5, 0.6) is 0 Å². The van der Waals surface area contributed by atoms with E-state index in [-0.39, 0.29) is 17.5 Å². The molecule has 0 heterocycles. The molecule has 0 fully saturated rings. The Kier molecular flexibility index (Phi) is 5.31. The summed E-state index contributed by atoms with van der Waals surface area (Å²) in [5.74, 6) is -1.94. The smallest absolute Gasteiger partial charge is 0.337 e. The molecule has 0 saturated carbocycles. The normalized spacial score (nSPS) is 13.6. The van der Waals surface area contributed by atoms with Crippen molar-refractivity contribution >= 4 is 23.4 Å². The minimum atomic E-state index is -0.690. The molecular weight excluding hydrogens is 350 g/mol. The SMILES string of the molecule is CCC1=CC(C=O)=c2ccc(C(=O)OC)cc2=C(c2c(F)cccc2F)C1. The van der Waals surface area contributed by atoms with E-state index in [0.29, 0.717) is 34.3 Å². The zero-order valence-corrected chi connectivity index (χ0v) is 15.0. The second-order valence-corrected chi connectivity index (χ2v) is 6.23. The quantitative estimate of drug-likeness (QED) is 0.615. The molecule has 27 heavy (non-hydrogen) atoms. The highest BCUT2D eigenvalue weighted by atomic mass is 19.1. The highest BCUT2D eigenvalue weighted by molar-refractivity contribution is 6.04. The van der Waals surface area contributed by atoms with Gasteiger partial charge in [-0.25, -0.2) is 13.6 Å². The molecule has 3 nitrogen and oxygen atoms in total. The molecule has 1 aliphatic carbocycles. The van der Waals surface area contributed by atoms with Gasteiger partial charge in [-0.15, -0.1) is 0 Å². The third kappa shape index (κ3) is 3.45. The summed E-state index contributed by atoms with van der Waals surface area (Å²) in [5.41, 5.74) is 1.77. The third-order valence-electron chi connectivity index (χ3n) is 4.69. The lowest BCUT2D eigenvalue weighted by Gasteiger charge is -2.12. The fourth-order valence-electron chi connectivity index (χ4n) is 3.30. The average molecular weight is 368 g/mol. The van der Waals surface area contributed by atoms with Crippen LogP contribution in [0.4, 0.5) is 8.78 Å². The van der Waals surface area contributed by atoms with Crippen LogP contribution in [0.2, 0.25) is 0 Å². The summed E-state index contributed by atoms with van der Waals surface area (Å²) in [7, 11) is 1.26. The van der Waals surface area contributed by atoms with Gasteiger partial charge in [0.2, 0.25) is 0 Å². The summed E-state index contributed by atoms with van der Waals surface area (Å²) in [6.07, 6.45) is 3.35. The number of rotatable bonds is 4. The number of benzene rings is 2. The Morgan fingerprint density at radius 2 is 1.85 bits per heavy atom. The first-order valence-electron chi connectivity index (χ1n) is 8.55. The van der Waals surface area contributed by atoms with Crippen molar-refractivity contribution in [3.8, 4) is 0 Å². The van der Waals surface area contributed by atoms with Gasteiger partial charge in [-0.05, 0) is 53.1 Å². The fourth-order valence-corrected chi connectivity index (χ4v) is 3.30. The Hall–Kier alpha value is -3.08. The topological polar surface area (TPSA) is 43.4 Å². The molecule has 2 aromatic carbocycles. The van der Waals surface area contributed by atoms with E-state index in [0.717, 1.165) is 5.57 Å². The standard InChI is InChI=1S/C22H18F2O3/c1-3-13-9-15(12-25)16-8-7-14(22(26)27-2)11-17(16)18(10-13)21-19(23)5-4-6-20(21)24/h4-9,11-12H,3,10H2,1-2H3. The molecule has 5 heteroatoms. The first-order valence-corrected chi connectivity index (χ1v) is 8.55. The fraction of sp³-hybridized carbons (Fsp3) is 0.182. The number of aldehydes is 1.